The molecule has 1 saturated carbocycles. The fourth-order valence-corrected chi connectivity index (χ4v) is 4.04. The molecule has 1 aliphatic carbocycles. The van der Waals surface area contributed by atoms with E-state index in [4.69, 9.17) is 4.74 Å². The third-order valence-corrected chi connectivity index (χ3v) is 5.60. The maximum Gasteiger partial charge on any atom is 0.338 e. The van der Waals surface area contributed by atoms with Crippen LogP contribution in [0.15, 0.2) is 42.5 Å². The number of ether oxygens (including phenoxy) is 1. The smallest absolute Gasteiger partial charge is 0.338 e. The van der Waals surface area contributed by atoms with Crippen LogP contribution >= 0.6 is 0 Å². The third kappa shape index (κ3) is 3.63. The van der Waals surface area contributed by atoms with Gasteiger partial charge in [-0.15, -0.1) is 0 Å². The minimum absolute atomic E-state index is 0.0572. The average Bonchev–Trinajstić information content (AvgIpc) is 3.02. The van der Waals surface area contributed by atoms with E-state index in [0.717, 1.165) is 38.2 Å². The largest absolute Gasteiger partial charge is 0.454 e. The predicted molar refractivity (Wildman–Crippen MR) is 105 cm³/mol. The zero-order valence-electron chi connectivity index (χ0n) is 16.2. The molecule has 0 atom stereocenters. The Hall–Kier alpha value is -3.35. The summed E-state index contributed by atoms with van der Waals surface area (Å²) in [6.07, 6.45) is 4.63. The second-order valence-corrected chi connectivity index (χ2v) is 7.51. The number of halogens is 1. The molecule has 0 N–H and O–H groups in total. The van der Waals surface area contributed by atoms with Crippen molar-refractivity contribution in [2.45, 2.75) is 38.1 Å². The van der Waals surface area contributed by atoms with Crippen molar-refractivity contribution >= 4 is 23.6 Å². The molecule has 1 aliphatic heterocycles. The summed E-state index contributed by atoms with van der Waals surface area (Å²) in [4.78, 5) is 51.3. The summed E-state index contributed by atoms with van der Waals surface area (Å²) < 4.78 is 18.7. The zero-order chi connectivity index (χ0) is 21.3. The van der Waals surface area contributed by atoms with Crippen molar-refractivity contribution in [1.82, 2.24) is 4.90 Å². The molecule has 0 unspecified atom stereocenters. The molecule has 154 valence electrons. The number of hydrogen-bond donors (Lipinski definition) is 0. The minimum atomic E-state index is -0.821. The summed E-state index contributed by atoms with van der Waals surface area (Å²) in [5.74, 6) is -2.92. The highest BCUT2D eigenvalue weighted by atomic mass is 19.1. The SMILES string of the molecule is O=C(OCC(=O)c1ccccc1F)c1ccc2c(c1)C(=O)N(C1CCCCC1)C2=O. The van der Waals surface area contributed by atoms with Crippen LogP contribution in [0.25, 0.3) is 0 Å². The second kappa shape index (κ2) is 8.18. The first-order chi connectivity index (χ1) is 14.5. The Balaban J connectivity index is 1.47. The number of nitrogens with zero attached hydrogens (tertiary/aromatic N) is 1. The molecule has 4 rings (SSSR count). The van der Waals surface area contributed by atoms with Gasteiger partial charge in [-0.3, -0.25) is 19.3 Å². The Kier molecular flexibility index (Phi) is 5.44. The fraction of sp³-hybridized carbons (Fsp3) is 0.304. The highest BCUT2D eigenvalue weighted by Crippen LogP contribution is 2.31. The number of ketones is 1. The molecule has 2 aromatic carbocycles. The Morgan fingerprint density at radius 1 is 0.967 bits per heavy atom. The molecule has 1 heterocycles. The maximum atomic E-state index is 13.7. The van der Waals surface area contributed by atoms with E-state index in [1.807, 2.05) is 0 Å². The van der Waals surface area contributed by atoms with E-state index in [1.54, 1.807) is 0 Å². The van der Waals surface area contributed by atoms with E-state index in [9.17, 15) is 23.6 Å². The lowest BCUT2D eigenvalue weighted by molar-refractivity contribution is 0.0473. The molecule has 0 aromatic heterocycles. The second-order valence-electron chi connectivity index (χ2n) is 7.51. The Morgan fingerprint density at radius 3 is 2.40 bits per heavy atom. The maximum absolute atomic E-state index is 13.7. The average molecular weight is 409 g/mol. The van der Waals surface area contributed by atoms with Crippen molar-refractivity contribution in [2.75, 3.05) is 6.61 Å². The van der Waals surface area contributed by atoms with Crippen LogP contribution in [0.2, 0.25) is 0 Å². The van der Waals surface area contributed by atoms with Crippen molar-refractivity contribution < 1.29 is 28.3 Å². The number of Topliss-reactive ketones (excluding diaryl/α,β-unsaturated/α-hetero) is 1. The molecule has 0 spiro atoms. The molecule has 2 amide bonds. The third-order valence-electron chi connectivity index (χ3n) is 5.60. The van der Waals surface area contributed by atoms with Gasteiger partial charge < -0.3 is 4.74 Å². The van der Waals surface area contributed by atoms with Gasteiger partial charge in [0.15, 0.2) is 6.61 Å². The number of fused-ring (bicyclic) bond motifs is 1. The van der Waals surface area contributed by atoms with Crippen LogP contribution in [-0.2, 0) is 4.74 Å². The lowest BCUT2D eigenvalue weighted by Gasteiger charge is -2.29. The molecule has 1 fully saturated rings. The summed E-state index contributed by atoms with van der Waals surface area (Å²) in [7, 11) is 0. The van der Waals surface area contributed by atoms with Gasteiger partial charge in [0.1, 0.15) is 5.82 Å². The number of amides is 2. The molecule has 0 radical (unpaired) electrons. The fourth-order valence-electron chi connectivity index (χ4n) is 4.04. The van der Waals surface area contributed by atoms with E-state index >= 15 is 0 Å². The lowest BCUT2D eigenvalue weighted by Crippen LogP contribution is -2.40. The van der Waals surface area contributed by atoms with Crippen LogP contribution in [0.1, 0.15) is 73.5 Å². The molecule has 6 nitrogen and oxygen atoms in total. The molecule has 0 saturated heterocycles. The van der Waals surface area contributed by atoms with Crippen molar-refractivity contribution in [2.24, 2.45) is 0 Å². The van der Waals surface area contributed by atoms with Crippen LogP contribution in [-0.4, -0.2) is 41.1 Å². The topological polar surface area (TPSA) is 80.8 Å². The highest BCUT2D eigenvalue weighted by Gasteiger charge is 2.40. The molecular formula is C23H20FNO5. The number of benzene rings is 2. The number of rotatable bonds is 5. The first-order valence-corrected chi connectivity index (χ1v) is 9.94. The first-order valence-electron chi connectivity index (χ1n) is 9.94. The van der Waals surface area contributed by atoms with Crippen molar-refractivity contribution in [3.63, 3.8) is 0 Å². The van der Waals surface area contributed by atoms with Gasteiger partial charge in [0.05, 0.1) is 22.3 Å². The van der Waals surface area contributed by atoms with Crippen molar-refractivity contribution in [3.05, 3.63) is 70.5 Å². The Morgan fingerprint density at radius 2 is 1.67 bits per heavy atom. The predicted octanol–water partition coefficient (Wildman–Crippen LogP) is 3.79. The van der Waals surface area contributed by atoms with Crippen LogP contribution in [0.4, 0.5) is 4.39 Å². The van der Waals surface area contributed by atoms with E-state index in [2.05, 4.69) is 0 Å². The van der Waals surface area contributed by atoms with Gasteiger partial charge in [-0.2, -0.15) is 0 Å². The molecule has 0 bridgehead atoms. The zero-order valence-corrected chi connectivity index (χ0v) is 16.2. The molecule has 30 heavy (non-hydrogen) atoms. The van der Waals surface area contributed by atoms with E-state index < -0.39 is 30.1 Å². The van der Waals surface area contributed by atoms with Gasteiger partial charge in [-0.25, -0.2) is 9.18 Å². The van der Waals surface area contributed by atoms with Crippen LogP contribution in [0.5, 0.6) is 0 Å². The van der Waals surface area contributed by atoms with Gasteiger partial charge in [0, 0.05) is 6.04 Å². The Bertz CT molecular complexity index is 1040. The van der Waals surface area contributed by atoms with Gasteiger partial charge in [0.25, 0.3) is 11.8 Å². The first kappa shape index (κ1) is 19.9. The van der Waals surface area contributed by atoms with Gasteiger partial charge in [0.2, 0.25) is 5.78 Å². The summed E-state index contributed by atoms with van der Waals surface area (Å²) in [5.41, 5.74) is 0.329. The van der Waals surface area contributed by atoms with Crippen LogP contribution in [0.3, 0.4) is 0 Å². The normalized spacial score (nSPS) is 16.5. The van der Waals surface area contributed by atoms with E-state index in [-0.39, 0.29) is 34.2 Å². The van der Waals surface area contributed by atoms with E-state index in [0.29, 0.717) is 0 Å². The van der Waals surface area contributed by atoms with Crippen molar-refractivity contribution in [3.8, 4) is 0 Å². The minimum Gasteiger partial charge on any atom is -0.454 e. The summed E-state index contributed by atoms with van der Waals surface area (Å²) >= 11 is 0. The number of carbonyl (C=O) groups excluding carboxylic acids is 4. The molecule has 7 heteroatoms. The van der Waals surface area contributed by atoms with Gasteiger partial charge in [-0.1, -0.05) is 31.4 Å². The molecular weight excluding hydrogens is 389 g/mol. The standard InChI is InChI=1S/C23H20FNO5/c24-19-9-5-4-8-17(19)20(26)13-30-23(29)14-10-11-16-18(12-14)22(28)25(21(16)27)15-6-2-1-3-7-15/h4-5,8-12,15H,1-3,6-7,13H2. The van der Waals surface area contributed by atoms with Crippen LogP contribution in [0, 0.1) is 5.82 Å². The lowest BCUT2D eigenvalue weighted by atomic mass is 9.94. The monoisotopic (exact) mass is 409 g/mol. The number of hydrogen-bond acceptors (Lipinski definition) is 5. The molecule has 2 aliphatic rings. The number of imide groups is 1. The number of esters is 1. The Labute approximate surface area is 172 Å². The highest BCUT2D eigenvalue weighted by molar-refractivity contribution is 6.22. The van der Waals surface area contributed by atoms with E-state index in [1.165, 1.54) is 41.3 Å². The van der Waals surface area contributed by atoms with Gasteiger partial charge >= 0.3 is 5.97 Å². The number of carbonyl (C=O) groups is 4. The quantitative estimate of drug-likeness (QED) is 0.426. The summed E-state index contributed by atoms with van der Waals surface area (Å²) in [6, 6.07) is 9.48. The molecule has 2 aromatic rings. The van der Waals surface area contributed by atoms with Crippen molar-refractivity contribution in [1.29, 1.82) is 0 Å². The summed E-state index contributed by atoms with van der Waals surface area (Å²) in [5, 5.41) is 0. The van der Waals surface area contributed by atoms with Gasteiger partial charge in [-0.05, 0) is 43.2 Å². The summed E-state index contributed by atoms with van der Waals surface area (Å²) in [6.45, 7) is -0.627. The van der Waals surface area contributed by atoms with Crippen LogP contribution < -0.4 is 0 Å².